The molecule has 0 radical (unpaired) electrons. The molecule has 0 unspecified atom stereocenters. The lowest BCUT2D eigenvalue weighted by atomic mass is 10.2. The minimum Gasteiger partial charge on any atom is -0.490 e. The van der Waals surface area contributed by atoms with Gasteiger partial charge in [-0.1, -0.05) is 12.1 Å². The first-order valence-electron chi connectivity index (χ1n) is 7.42. The lowest BCUT2D eigenvalue weighted by Crippen LogP contribution is -2.18. The van der Waals surface area contributed by atoms with E-state index in [1.807, 2.05) is 31.2 Å². The zero-order valence-corrected chi connectivity index (χ0v) is 13.8. The van der Waals surface area contributed by atoms with E-state index in [4.69, 9.17) is 9.47 Å². The number of rotatable bonds is 7. The minimum absolute atomic E-state index is 0.0782. The molecule has 24 heavy (non-hydrogen) atoms. The number of carbonyl (C=O) groups excluding carboxylic acids is 1. The Kier molecular flexibility index (Phi) is 5.51. The first-order chi connectivity index (χ1) is 11.4. The van der Waals surface area contributed by atoms with E-state index >= 15 is 0 Å². The van der Waals surface area contributed by atoms with Crippen LogP contribution in [0.2, 0.25) is 0 Å². The Morgan fingerprint density at radius 1 is 1.29 bits per heavy atom. The van der Waals surface area contributed by atoms with Gasteiger partial charge in [0.15, 0.2) is 0 Å². The highest BCUT2D eigenvalue weighted by Gasteiger charge is 2.22. The summed E-state index contributed by atoms with van der Waals surface area (Å²) in [6, 6.07) is 7.55. The van der Waals surface area contributed by atoms with Crippen LogP contribution in [0.25, 0.3) is 0 Å². The van der Waals surface area contributed by atoms with Crippen molar-refractivity contribution in [1.29, 1.82) is 0 Å². The fourth-order valence-electron chi connectivity index (χ4n) is 2.29. The smallest absolute Gasteiger partial charge is 0.327 e. The van der Waals surface area contributed by atoms with Gasteiger partial charge in [0.2, 0.25) is 0 Å². The highest BCUT2D eigenvalue weighted by atomic mass is 16.6. The Balaban J connectivity index is 1.82. The minimum atomic E-state index is -0.525. The molecule has 0 bridgehead atoms. The number of aryl methyl sites for hydroxylation is 2. The van der Waals surface area contributed by atoms with Gasteiger partial charge in [-0.05, 0) is 38.5 Å². The zero-order valence-electron chi connectivity index (χ0n) is 13.8. The van der Waals surface area contributed by atoms with Gasteiger partial charge in [0, 0.05) is 0 Å². The summed E-state index contributed by atoms with van der Waals surface area (Å²) in [5.41, 5.74) is 1.60. The molecular weight excluding hydrogens is 314 g/mol. The molecule has 0 aliphatic carbocycles. The molecule has 1 aromatic carbocycles. The topological polar surface area (TPSA) is 96.5 Å². The molecule has 128 valence electrons. The van der Waals surface area contributed by atoms with E-state index in [-0.39, 0.29) is 31.1 Å². The molecule has 0 aliphatic rings. The van der Waals surface area contributed by atoms with Crippen molar-refractivity contribution in [2.75, 3.05) is 13.2 Å². The van der Waals surface area contributed by atoms with Crippen LogP contribution in [-0.4, -0.2) is 33.9 Å². The molecule has 2 aromatic rings. The van der Waals surface area contributed by atoms with Crippen LogP contribution in [0.5, 0.6) is 5.75 Å². The Bertz CT molecular complexity index is 754. The average Bonchev–Trinajstić information content (AvgIpc) is 2.78. The normalized spacial score (nSPS) is 10.5. The Morgan fingerprint density at radius 2 is 2.04 bits per heavy atom. The van der Waals surface area contributed by atoms with Gasteiger partial charge in [-0.3, -0.25) is 19.6 Å². The Hall–Kier alpha value is -2.90. The van der Waals surface area contributed by atoms with Gasteiger partial charge in [-0.15, -0.1) is 0 Å². The largest absolute Gasteiger partial charge is 0.490 e. The third kappa shape index (κ3) is 4.31. The van der Waals surface area contributed by atoms with E-state index in [0.29, 0.717) is 11.4 Å². The molecule has 1 heterocycles. The molecule has 1 aromatic heterocycles. The van der Waals surface area contributed by atoms with Gasteiger partial charge in [0.1, 0.15) is 36.9 Å². The second kappa shape index (κ2) is 7.58. The summed E-state index contributed by atoms with van der Waals surface area (Å²) in [5.74, 6) is 0.184. The summed E-state index contributed by atoms with van der Waals surface area (Å²) in [7, 11) is 0. The van der Waals surface area contributed by atoms with Gasteiger partial charge in [-0.2, -0.15) is 5.10 Å². The molecule has 0 spiro atoms. The number of hydrogen-bond donors (Lipinski definition) is 0. The fourth-order valence-corrected chi connectivity index (χ4v) is 2.29. The van der Waals surface area contributed by atoms with Crippen LogP contribution in [0.15, 0.2) is 24.3 Å². The van der Waals surface area contributed by atoms with Crippen molar-refractivity contribution in [2.24, 2.45) is 0 Å². The molecule has 0 aliphatic heterocycles. The van der Waals surface area contributed by atoms with E-state index in [1.165, 1.54) is 11.6 Å². The third-order valence-corrected chi connectivity index (χ3v) is 3.41. The summed E-state index contributed by atoms with van der Waals surface area (Å²) in [6.45, 7) is 5.18. The van der Waals surface area contributed by atoms with E-state index < -0.39 is 10.9 Å². The quantitative estimate of drug-likeness (QED) is 0.334. The molecule has 0 atom stereocenters. The Morgan fingerprint density at radius 3 is 2.67 bits per heavy atom. The first kappa shape index (κ1) is 17.5. The second-order valence-electron chi connectivity index (χ2n) is 5.32. The molecule has 0 fully saturated rings. The van der Waals surface area contributed by atoms with Gasteiger partial charge < -0.3 is 9.47 Å². The molecular formula is C16H19N3O5. The monoisotopic (exact) mass is 333 g/mol. The molecule has 8 heteroatoms. The SMILES string of the molecule is Cc1cccc(OCCOC(=O)Cn2nc(C)c([N+](=O)[O-])c2C)c1. The van der Waals surface area contributed by atoms with Crippen molar-refractivity contribution in [2.45, 2.75) is 27.3 Å². The summed E-state index contributed by atoms with van der Waals surface area (Å²) in [4.78, 5) is 22.2. The second-order valence-corrected chi connectivity index (χ2v) is 5.32. The standard InChI is InChI=1S/C16H19N3O5/c1-11-5-4-6-14(9-11)23-7-8-24-15(20)10-18-13(3)16(19(21)22)12(2)17-18/h4-6,9H,7-8,10H2,1-3H3. The van der Waals surface area contributed by atoms with E-state index in [1.54, 1.807) is 6.92 Å². The third-order valence-electron chi connectivity index (χ3n) is 3.41. The highest BCUT2D eigenvalue weighted by molar-refractivity contribution is 5.69. The van der Waals surface area contributed by atoms with Crippen LogP contribution in [0.4, 0.5) is 5.69 Å². The lowest BCUT2D eigenvalue weighted by molar-refractivity contribution is -0.386. The van der Waals surface area contributed by atoms with Crippen LogP contribution in [0, 0.1) is 30.9 Å². The number of aromatic nitrogens is 2. The Labute approximate surface area is 139 Å². The number of nitrogens with zero attached hydrogens (tertiary/aromatic N) is 3. The van der Waals surface area contributed by atoms with Gasteiger partial charge >= 0.3 is 11.7 Å². The van der Waals surface area contributed by atoms with Crippen LogP contribution in [0.3, 0.4) is 0 Å². The number of esters is 1. The number of carbonyl (C=O) groups is 1. The molecule has 0 saturated heterocycles. The van der Waals surface area contributed by atoms with Crippen molar-refractivity contribution in [3.05, 3.63) is 51.3 Å². The van der Waals surface area contributed by atoms with E-state index in [9.17, 15) is 14.9 Å². The molecule has 2 rings (SSSR count). The summed E-state index contributed by atoms with van der Waals surface area (Å²) < 4.78 is 11.8. The van der Waals surface area contributed by atoms with Crippen molar-refractivity contribution < 1.29 is 19.2 Å². The van der Waals surface area contributed by atoms with Gasteiger partial charge in [0.25, 0.3) is 0 Å². The summed E-state index contributed by atoms with van der Waals surface area (Å²) in [6.07, 6.45) is 0. The van der Waals surface area contributed by atoms with Crippen molar-refractivity contribution >= 4 is 11.7 Å². The molecule has 0 N–H and O–H groups in total. The lowest BCUT2D eigenvalue weighted by Gasteiger charge is -2.08. The number of nitro groups is 1. The maximum Gasteiger partial charge on any atom is 0.327 e. The van der Waals surface area contributed by atoms with E-state index in [2.05, 4.69) is 5.10 Å². The number of benzene rings is 1. The maximum absolute atomic E-state index is 11.8. The van der Waals surface area contributed by atoms with Crippen molar-refractivity contribution in [3.63, 3.8) is 0 Å². The van der Waals surface area contributed by atoms with Crippen LogP contribution < -0.4 is 4.74 Å². The molecule has 8 nitrogen and oxygen atoms in total. The molecule has 0 amide bonds. The number of hydrogen-bond acceptors (Lipinski definition) is 6. The van der Waals surface area contributed by atoms with Crippen molar-refractivity contribution in [3.8, 4) is 5.75 Å². The van der Waals surface area contributed by atoms with Crippen molar-refractivity contribution in [1.82, 2.24) is 9.78 Å². The molecule has 0 saturated carbocycles. The van der Waals surface area contributed by atoms with Crippen LogP contribution >= 0.6 is 0 Å². The highest BCUT2D eigenvalue weighted by Crippen LogP contribution is 2.21. The fraction of sp³-hybridized carbons (Fsp3) is 0.375. The summed E-state index contributed by atoms with van der Waals surface area (Å²) in [5, 5.41) is 14.9. The van der Waals surface area contributed by atoms with Gasteiger partial charge in [-0.25, -0.2) is 0 Å². The van der Waals surface area contributed by atoms with Crippen LogP contribution in [-0.2, 0) is 16.1 Å². The van der Waals surface area contributed by atoms with Gasteiger partial charge in [0.05, 0.1) is 4.92 Å². The maximum atomic E-state index is 11.8. The summed E-state index contributed by atoms with van der Waals surface area (Å²) >= 11 is 0. The zero-order chi connectivity index (χ0) is 17.7. The first-order valence-corrected chi connectivity index (χ1v) is 7.42. The van der Waals surface area contributed by atoms with E-state index in [0.717, 1.165) is 5.56 Å². The predicted molar refractivity (Wildman–Crippen MR) is 86.0 cm³/mol. The van der Waals surface area contributed by atoms with Crippen LogP contribution in [0.1, 0.15) is 17.0 Å². The number of ether oxygens (including phenoxy) is 2. The average molecular weight is 333 g/mol. The predicted octanol–water partition coefficient (Wildman–Crippen LogP) is 2.34.